The van der Waals surface area contributed by atoms with Crippen LogP contribution in [0.25, 0.3) is 0 Å². The zero-order valence-electron chi connectivity index (χ0n) is 11.8. The fraction of sp³-hybridized carbons (Fsp3) is 0.867. The SMILES string of the molecule is CN1CCN(CC2(C)CCC#CC(O)CC2)CC1. The van der Waals surface area contributed by atoms with Crippen LogP contribution in [0.1, 0.15) is 32.6 Å². The minimum atomic E-state index is -0.405. The lowest BCUT2D eigenvalue weighted by Gasteiger charge is -2.40. The van der Waals surface area contributed by atoms with Crippen molar-refractivity contribution in [3.63, 3.8) is 0 Å². The van der Waals surface area contributed by atoms with Crippen molar-refractivity contribution in [1.29, 1.82) is 0 Å². The van der Waals surface area contributed by atoms with Crippen LogP contribution in [0.2, 0.25) is 0 Å². The predicted molar refractivity (Wildman–Crippen MR) is 74.3 cm³/mol. The average molecular weight is 250 g/mol. The van der Waals surface area contributed by atoms with E-state index < -0.39 is 6.10 Å². The second kappa shape index (κ2) is 6.06. The van der Waals surface area contributed by atoms with E-state index in [1.54, 1.807) is 0 Å². The van der Waals surface area contributed by atoms with Gasteiger partial charge < -0.3 is 14.9 Å². The summed E-state index contributed by atoms with van der Waals surface area (Å²) >= 11 is 0. The minimum absolute atomic E-state index is 0.325. The molecule has 0 spiro atoms. The Bertz CT molecular complexity index is 325. The third kappa shape index (κ3) is 3.98. The molecular weight excluding hydrogens is 224 g/mol. The molecule has 0 aromatic rings. The lowest BCUT2D eigenvalue weighted by atomic mass is 9.78. The summed E-state index contributed by atoms with van der Waals surface area (Å²) in [6.45, 7) is 8.25. The Morgan fingerprint density at radius 2 is 1.94 bits per heavy atom. The molecule has 1 fully saturated rings. The summed E-state index contributed by atoms with van der Waals surface area (Å²) in [6, 6.07) is 0. The Kier molecular flexibility index (Phi) is 4.66. The number of aliphatic hydroxyl groups is 1. The predicted octanol–water partition coefficient (Wildman–Crippen LogP) is 1.18. The molecule has 0 aromatic heterocycles. The first-order chi connectivity index (χ1) is 8.57. The first-order valence-electron chi connectivity index (χ1n) is 7.15. The molecule has 0 radical (unpaired) electrons. The number of nitrogens with zero attached hydrogens (tertiary/aromatic N) is 2. The van der Waals surface area contributed by atoms with E-state index in [1.165, 1.54) is 32.6 Å². The number of piperazine rings is 1. The van der Waals surface area contributed by atoms with E-state index in [0.29, 0.717) is 5.41 Å². The molecule has 1 saturated heterocycles. The molecule has 1 heterocycles. The van der Waals surface area contributed by atoms with E-state index >= 15 is 0 Å². The number of aliphatic hydroxyl groups excluding tert-OH is 1. The van der Waals surface area contributed by atoms with Crippen molar-refractivity contribution in [1.82, 2.24) is 9.80 Å². The van der Waals surface area contributed by atoms with Crippen LogP contribution in [0.3, 0.4) is 0 Å². The summed E-state index contributed by atoms with van der Waals surface area (Å²) in [4.78, 5) is 4.98. The maximum absolute atomic E-state index is 9.69. The number of likely N-dealkylation sites (N-methyl/N-ethyl adjacent to an activating group) is 1. The van der Waals surface area contributed by atoms with Crippen LogP contribution in [0.5, 0.6) is 0 Å². The molecule has 2 atom stereocenters. The standard InChI is InChI=1S/C15H26N2O/c1-15(7-4-3-5-14(18)6-8-15)13-17-11-9-16(2)10-12-17/h14,18H,4,6-13H2,1-2H3. The van der Waals surface area contributed by atoms with Crippen LogP contribution < -0.4 is 0 Å². The lowest BCUT2D eigenvalue weighted by Crippen LogP contribution is -2.48. The zero-order chi connectivity index (χ0) is 13.0. The highest BCUT2D eigenvalue weighted by Gasteiger charge is 2.29. The van der Waals surface area contributed by atoms with Gasteiger partial charge in [0.05, 0.1) is 0 Å². The average Bonchev–Trinajstić information content (AvgIpc) is 2.34. The van der Waals surface area contributed by atoms with E-state index in [4.69, 9.17) is 0 Å². The fourth-order valence-electron chi connectivity index (χ4n) is 2.94. The van der Waals surface area contributed by atoms with E-state index in [1.807, 2.05) is 0 Å². The number of rotatable bonds is 2. The normalized spacial score (nSPS) is 35.4. The molecule has 18 heavy (non-hydrogen) atoms. The van der Waals surface area contributed by atoms with Gasteiger partial charge in [-0.05, 0) is 31.7 Å². The molecule has 0 amide bonds. The van der Waals surface area contributed by atoms with Gasteiger partial charge in [-0.15, -0.1) is 5.92 Å². The van der Waals surface area contributed by atoms with Crippen LogP contribution in [0.15, 0.2) is 0 Å². The van der Waals surface area contributed by atoms with Crippen molar-refractivity contribution < 1.29 is 5.11 Å². The summed E-state index contributed by atoms with van der Waals surface area (Å²) in [5.74, 6) is 6.03. The first kappa shape index (κ1) is 13.9. The number of hydrogen-bond acceptors (Lipinski definition) is 3. The van der Waals surface area contributed by atoms with Crippen LogP contribution in [0.4, 0.5) is 0 Å². The molecule has 2 unspecified atom stereocenters. The molecule has 0 bridgehead atoms. The summed E-state index contributed by atoms with van der Waals surface area (Å²) in [7, 11) is 2.20. The van der Waals surface area contributed by atoms with Gasteiger partial charge in [-0.2, -0.15) is 0 Å². The summed E-state index contributed by atoms with van der Waals surface area (Å²) in [6.07, 6.45) is 3.62. The molecule has 1 N–H and O–H groups in total. The van der Waals surface area contributed by atoms with Crippen molar-refractivity contribution in [2.45, 2.75) is 38.7 Å². The van der Waals surface area contributed by atoms with E-state index in [0.717, 1.165) is 25.8 Å². The molecule has 3 nitrogen and oxygen atoms in total. The smallest absolute Gasteiger partial charge is 0.114 e. The monoisotopic (exact) mass is 250 g/mol. The zero-order valence-corrected chi connectivity index (χ0v) is 11.8. The third-order valence-electron chi connectivity index (χ3n) is 4.34. The van der Waals surface area contributed by atoms with Gasteiger partial charge in [-0.1, -0.05) is 12.8 Å². The minimum Gasteiger partial charge on any atom is -0.380 e. The molecule has 1 aliphatic heterocycles. The second-order valence-electron chi connectivity index (χ2n) is 6.27. The third-order valence-corrected chi connectivity index (χ3v) is 4.34. The summed E-state index contributed by atoms with van der Waals surface area (Å²) in [5, 5.41) is 9.69. The topological polar surface area (TPSA) is 26.7 Å². The molecule has 0 saturated carbocycles. The highest BCUT2D eigenvalue weighted by molar-refractivity contribution is 5.07. The lowest BCUT2D eigenvalue weighted by molar-refractivity contribution is 0.0841. The Labute approximate surface area is 111 Å². The first-order valence-corrected chi connectivity index (χ1v) is 7.15. The van der Waals surface area contributed by atoms with Crippen LogP contribution >= 0.6 is 0 Å². The molecular formula is C15H26N2O. The Morgan fingerprint density at radius 1 is 1.22 bits per heavy atom. The van der Waals surface area contributed by atoms with E-state index in [9.17, 15) is 5.11 Å². The van der Waals surface area contributed by atoms with Crippen molar-refractivity contribution in [3.8, 4) is 11.8 Å². The van der Waals surface area contributed by atoms with Crippen molar-refractivity contribution in [3.05, 3.63) is 0 Å². The van der Waals surface area contributed by atoms with Crippen molar-refractivity contribution in [2.24, 2.45) is 5.41 Å². The molecule has 2 aliphatic rings. The molecule has 0 aromatic carbocycles. The molecule has 3 heteroatoms. The van der Waals surface area contributed by atoms with Crippen molar-refractivity contribution >= 4 is 0 Å². The van der Waals surface area contributed by atoms with Crippen LogP contribution in [-0.4, -0.2) is 60.8 Å². The van der Waals surface area contributed by atoms with Gasteiger partial charge in [-0.3, -0.25) is 0 Å². The molecule has 1 aliphatic carbocycles. The summed E-state index contributed by atoms with van der Waals surface area (Å²) < 4.78 is 0. The molecule has 2 rings (SSSR count). The van der Waals surface area contributed by atoms with Gasteiger partial charge in [-0.25, -0.2) is 0 Å². The van der Waals surface area contributed by atoms with Crippen LogP contribution in [0, 0.1) is 17.3 Å². The van der Waals surface area contributed by atoms with Crippen molar-refractivity contribution in [2.75, 3.05) is 39.8 Å². The largest absolute Gasteiger partial charge is 0.380 e. The van der Waals surface area contributed by atoms with E-state index in [2.05, 4.69) is 35.6 Å². The maximum atomic E-state index is 9.69. The number of hydrogen-bond donors (Lipinski definition) is 1. The van der Waals surface area contributed by atoms with Gasteiger partial charge in [0.1, 0.15) is 6.10 Å². The quantitative estimate of drug-likeness (QED) is 0.746. The summed E-state index contributed by atoms with van der Waals surface area (Å²) in [5.41, 5.74) is 0.325. The van der Waals surface area contributed by atoms with Crippen LogP contribution in [-0.2, 0) is 0 Å². The highest BCUT2D eigenvalue weighted by atomic mass is 16.3. The van der Waals surface area contributed by atoms with Gasteiger partial charge in [0.15, 0.2) is 0 Å². The Morgan fingerprint density at radius 3 is 2.67 bits per heavy atom. The van der Waals surface area contributed by atoms with Gasteiger partial charge in [0.2, 0.25) is 0 Å². The Balaban J connectivity index is 1.88. The van der Waals surface area contributed by atoms with Gasteiger partial charge in [0.25, 0.3) is 0 Å². The maximum Gasteiger partial charge on any atom is 0.114 e. The van der Waals surface area contributed by atoms with E-state index in [-0.39, 0.29) is 0 Å². The fourth-order valence-corrected chi connectivity index (χ4v) is 2.94. The Hall–Kier alpha value is -0.560. The van der Waals surface area contributed by atoms with Gasteiger partial charge in [0, 0.05) is 39.1 Å². The second-order valence-corrected chi connectivity index (χ2v) is 6.27. The highest BCUT2D eigenvalue weighted by Crippen LogP contribution is 2.32. The van der Waals surface area contributed by atoms with Gasteiger partial charge >= 0.3 is 0 Å². The molecule has 102 valence electrons.